The summed E-state index contributed by atoms with van der Waals surface area (Å²) in [5.41, 5.74) is 0. The molecule has 76 valence electrons. The van der Waals surface area contributed by atoms with Gasteiger partial charge in [0.1, 0.15) is 0 Å². The normalized spacial score (nSPS) is 22.9. The van der Waals surface area contributed by atoms with Crippen LogP contribution in [0.15, 0.2) is 16.6 Å². The van der Waals surface area contributed by atoms with E-state index >= 15 is 0 Å². The summed E-state index contributed by atoms with van der Waals surface area (Å²) in [6.07, 6.45) is 1.90. The van der Waals surface area contributed by atoms with E-state index in [-0.39, 0.29) is 11.9 Å². The summed E-state index contributed by atoms with van der Waals surface area (Å²) in [5.74, 6) is 1.62. The first-order chi connectivity index (χ1) is 6.77. The van der Waals surface area contributed by atoms with Gasteiger partial charge in [-0.25, -0.2) is 0 Å². The summed E-state index contributed by atoms with van der Waals surface area (Å²) in [6.45, 7) is 0. The highest BCUT2D eigenvalue weighted by molar-refractivity contribution is 7.99. The molecule has 2 rings (SSSR count). The molecule has 0 aromatic carbocycles. The van der Waals surface area contributed by atoms with Crippen LogP contribution in [0, 0.1) is 0 Å². The lowest BCUT2D eigenvalue weighted by atomic mass is 10.3. The van der Waals surface area contributed by atoms with Gasteiger partial charge in [0.25, 0.3) is 5.91 Å². The Balaban J connectivity index is 2.17. The predicted molar refractivity (Wildman–Crippen MR) is 58.1 cm³/mol. The second kappa shape index (κ2) is 4.29. The van der Waals surface area contributed by atoms with E-state index in [0.29, 0.717) is 0 Å². The van der Waals surface area contributed by atoms with Gasteiger partial charge in [0, 0.05) is 30.3 Å². The van der Waals surface area contributed by atoms with E-state index < -0.39 is 0 Å². The number of thioether (sulfide) groups is 1. The molecule has 1 fully saturated rings. The fourth-order valence-corrected chi connectivity index (χ4v) is 2.83. The first-order valence-electron chi connectivity index (χ1n) is 4.27. The van der Waals surface area contributed by atoms with E-state index in [1.807, 2.05) is 23.2 Å². The summed E-state index contributed by atoms with van der Waals surface area (Å²) in [4.78, 5) is 16.4. The van der Waals surface area contributed by atoms with Gasteiger partial charge in [-0.2, -0.15) is 4.99 Å². The molecule has 14 heavy (non-hydrogen) atoms. The molecule has 6 heteroatoms. The molecule has 0 aliphatic carbocycles. The van der Waals surface area contributed by atoms with E-state index in [2.05, 4.69) is 10.3 Å². The maximum absolute atomic E-state index is 11.6. The Morgan fingerprint density at radius 3 is 3.21 bits per heavy atom. The molecule has 0 saturated carbocycles. The summed E-state index contributed by atoms with van der Waals surface area (Å²) < 4.78 is 1.85. The number of nitrogens with zero attached hydrogens (tertiary/aromatic N) is 2. The van der Waals surface area contributed by atoms with Crippen molar-refractivity contribution in [3.8, 4) is 0 Å². The van der Waals surface area contributed by atoms with Gasteiger partial charge in [0.05, 0.1) is 6.04 Å². The van der Waals surface area contributed by atoms with E-state index in [0.717, 1.165) is 16.4 Å². The van der Waals surface area contributed by atoms with Crippen LogP contribution >= 0.6 is 23.1 Å². The largest absolute Gasteiger partial charge is 0.327 e. The first-order valence-corrected chi connectivity index (χ1v) is 6.30. The van der Waals surface area contributed by atoms with Crippen LogP contribution in [0.2, 0.25) is 0 Å². The topological polar surface area (TPSA) is 46.4 Å². The average Bonchev–Trinajstić information content (AvgIpc) is 2.77. The molecule has 1 amide bonds. The Morgan fingerprint density at radius 1 is 1.79 bits per heavy atom. The number of aromatic nitrogens is 1. The molecule has 1 saturated heterocycles. The third kappa shape index (κ3) is 2.08. The molecular formula is C8H11N3OS2. The zero-order valence-electron chi connectivity index (χ0n) is 7.77. The number of carbonyl (C=O) groups excluding carboxylic acids is 1. The lowest BCUT2D eigenvalue weighted by Crippen LogP contribution is -2.33. The first kappa shape index (κ1) is 9.95. The standard InChI is InChI=1S/C8H11N3OS2/c1-11-2-3-14-8(11)10-7(12)6-4-13-5-9-6/h2-3,6,9H,4-5H2,1H3/t6-/m0/s1. The van der Waals surface area contributed by atoms with Crippen LogP contribution in [-0.4, -0.2) is 28.1 Å². The summed E-state index contributed by atoms with van der Waals surface area (Å²) >= 11 is 3.21. The molecule has 0 radical (unpaired) electrons. The molecular weight excluding hydrogens is 218 g/mol. The number of amides is 1. The number of hydrogen-bond donors (Lipinski definition) is 1. The molecule has 1 aliphatic rings. The number of rotatable bonds is 1. The van der Waals surface area contributed by atoms with E-state index in [1.165, 1.54) is 11.3 Å². The van der Waals surface area contributed by atoms with E-state index in [1.54, 1.807) is 11.8 Å². The van der Waals surface area contributed by atoms with Crippen molar-refractivity contribution >= 4 is 29.0 Å². The number of nitrogens with one attached hydrogen (secondary N) is 1. The molecule has 1 aromatic rings. The van der Waals surface area contributed by atoms with Gasteiger partial charge in [0.2, 0.25) is 0 Å². The van der Waals surface area contributed by atoms with Gasteiger partial charge < -0.3 is 4.57 Å². The van der Waals surface area contributed by atoms with Crippen molar-refractivity contribution < 1.29 is 4.79 Å². The fourth-order valence-electron chi connectivity index (χ4n) is 1.16. The summed E-state index contributed by atoms with van der Waals surface area (Å²) in [7, 11) is 1.89. The van der Waals surface area contributed by atoms with Gasteiger partial charge in [-0.1, -0.05) is 0 Å². The van der Waals surface area contributed by atoms with Crippen LogP contribution in [0.4, 0.5) is 0 Å². The summed E-state index contributed by atoms with van der Waals surface area (Å²) in [5, 5.41) is 5.02. The van der Waals surface area contributed by atoms with Crippen LogP contribution in [-0.2, 0) is 11.8 Å². The zero-order chi connectivity index (χ0) is 9.97. The number of carbonyl (C=O) groups is 1. The highest BCUT2D eigenvalue weighted by atomic mass is 32.2. The van der Waals surface area contributed by atoms with Crippen molar-refractivity contribution in [1.29, 1.82) is 0 Å². The Labute approximate surface area is 90.1 Å². The van der Waals surface area contributed by atoms with Gasteiger partial charge in [-0.3, -0.25) is 10.1 Å². The van der Waals surface area contributed by atoms with Crippen molar-refractivity contribution in [3.05, 3.63) is 16.4 Å². The molecule has 0 unspecified atom stereocenters. The van der Waals surface area contributed by atoms with Crippen molar-refractivity contribution in [3.63, 3.8) is 0 Å². The minimum Gasteiger partial charge on any atom is -0.327 e. The number of hydrogen-bond acceptors (Lipinski definition) is 4. The molecule has 4 nitrogen and oxygen atoms in total. The molecule has 1 aromatic heterocycles. The molecule has 1 N–H and O–H groups in total. The van der Waals surface area contributed by atoms with E-state index in [4.69, 9.17) is 0 Å². The minimum atomic E-state index is -0.0953. The third-order valence-electron chi connectivity index (χ3n) is 1.98. The van der Waals surface area contributed by atoms with Gasteiger partial charge >= 0.3 is 0 Å². The summed E-state index contributed by atoms with van der Waals surface area (Å²) in [6, 6.07) is -0.0953. The maximum atomic E-state index is 11.6. The molecule has 1 aliphatic heterocycles. The van der Waals surface area contributed by atoms with Crippen LogP contribution in [0.25, 0.3) is 0 Å². The lowest BCUT2D eigenvalue weighted by molar-refractivity contribution is -0.119. The smallest absolute Gasteiger partial charge is 0.266 e. The van der Waals surface area contributed by atoms with Crippen molar-refractivity contribution in [1.82, 2.24) is 9.88 Å². The molecule has 1 atom stereocenters. The monoisotopic (exact) mass is 229 g/mol. The van der Waals surface area contributed by atoms with Crippen molar-refractivity contribution in [2.75, 3.05) is 11.6 Å². The van der Waals surface area contributed by atoms with Crippen LogP contribution in [0.1, 0.15) is 0 Å². The average molecular weight is 229 g/mol. The highest BCUT2D eigenvalue weighted by Gasteiger charge is 2.21. The second-order valence-corrected chi connectivity index (χ2v) is 4.92. The van der Waals surface area contributed by atoms with Crippen molar-refractivity contribution in [2.24, 2.45) is 12.0 Å². The minimum absolute atomic E-state index is 0.0620. The zero-order valence-corrected chi connectivity index (χ0v) is 9.40. The van der Waals surface area contributed by atoms with Crippen LogP contribution in [0.3, 0.4) is 0 Å². The Bertz CT molecular complexity index is 389. The van der Waals surface area contributed by atoms with E-state index in [9.17, 15) is 4.79 Å². The molecule has 0 spiro atoms. The van der Waals surface area contributed by atoms with Gasteiger partial charge in [-0.15, -0.1) is 23.1 Å². The number of aryl methyl sites for hydroxylation is 1. The fraction of sp³-hybridized carbons (Fsp3) is 0.500. The lowest BCUT2D eigenvalue weighted by Gasteiger charge is -2.01. The quantitative estimate of drug-likeness (QED) is 0.747. The predicted octanol–water partition coefficient (Wildman–Crippen LogP) is 0.176. The SMILES string of the molecule is Cn1ccsc1=NC(=O)[C@@H]1CSCN1. The van der Waals surface area contributed by atoms with Crippen molar-refractivity contribution in [2.45, 2.75) is 6.04 Å². The number of thiazole rings is 1. The van der Waals surface area contributed by atoms with Crippen LogP contribution in [0.5, 0.6) is 0 Å². The Kier molecular flexibility index (Phi) is 3.05. The van der Waals surface area contributed by atoms with Crippen LogP contribution < -0.4 is 10.1 Å². The van der Waals surface area contributed by atoms with Gasteiger partial charge in [-0.05, 0) is 0 Å². The van der Waals surface area contributed by atoms with Gasteiger partial charge in [0.15, 0.2) is 4.80 Å². The maximum Gasteiger partial charge on any atom is 0.266 e. The third-order valence-corrected chi connectivity index (χ3v) is 3.77. The molecule has 0 bridgehead atoms. The Hall–Kier alpha value is -0.590. The molecule has 2 heterocycles. The highest BCUT2D eigenvalue weighted by Crippen LogP contribution is 2.10. The Morgan fingerprint density at radius 2 is 2.64 bits per heavy atom. The second-order valence-electron chi connectivity index (χ2n) is 3.02.